The number of ether oxygens (including phenoxy) is 1. The molecule has 9 heteroatoms. The van der Waals surface area contributed by atoms with Crippen LogP contribution in [0.15, 0.2) is 29.3 Å². The van der Waals surface area contributed by atoms with Gasteiger partial charge >= 0.3 is 6.18 Å². The average Bonchev–Trinajstić information content (AvgIpc) is 2.72. The lowest BCUT2D eigenvalue weighted by Crippen LogP contribution is -2.46. The summed E-state index contributed by atoms with van der Waals surface area (Å²) in [5.74, 6) is 1.32. The van der Waals surface area contributed by atoms with E-state index in [0.29, 0.717) is 24.4 Å². The third kappa shape index (κ3) is 8.61. The molecule has 1 aromatic rings. The van der Waals surface area contributed by atoms with Crippen molar-refractivity contribution >= 4 is 11.9 Å². The predicted molar refractivity (Wildman–Crippen MR) is 110 cm³/mol. The molecule has 168 valence electrons. The summed E-state index contributed by atoms with van der Waals surface area (Å²) >= 11 is 0. The maximum atomic E-state index is 12.1. The van der Waals surface area contributed by atoms with Gasteiger partial charge in [0.2, 0.25) is 5.91 Å². The molecule has 1 amide bonds. The Bertz CT molecular complexity index is 684. The van der Waals surface area contributed by atoms with E-state index in [4.69, 9.17) is 4.99 Å². The van der Waals surface area contributed by atoms with Crippen LogP contribution in [0.3, 0.4) is 0 Å². The van der Waals surface area contributed by atoms with Gasteiger partial charge in [-0.25, -0.2) is 4.99 Å². The summed E-state index contributed by atoms with van der Waals surface area (Å²) in [5.41, 5.74) is 1.66. The molecule has 0 radical (unpaired) electrons. The Morgan fingerprint density at radius 3 is 2.40 bits per heavy atom. The van der Waals surface area contributed by atoms with Gasteiger partial charge in [-0.3, -0.25) is 4.79 Å². The molecule has 0 spiro atoms. The highest BCUT2D eigenvalue weighted by Gasteiger charge is 2.27. The van der Waals surface area contributed by atoms with Crippen LogP contribution in [0.1, 0.15) is 37.3 Å². The van der Waals surface area contributed by atoms with Crippen LogP contribution < -0.4 is 10.6 Å². The van der Waals surface area contributed by atoms with Gasteiger partial charge in [0.05, 0.1) is 13.2 Å². The van der Waals surface area contributed by atoms with Gasteiger partial charge in [0.25, 0.3) is 0 Å². The van der Waals surface area contributed by atoms with Gasteiger partial charge in [-0.15, -0.1) is 0 Å². The molecule has 30 heavy (non-hydrogen) atoms. The molecular weight excluding hydrogens is 397 g/mol. The number of carbonyl (C=O) groups is 1. The van der Waals surface area contributed by atoms with E-state index in [1.165, 1.54) is 0 Å². The zero-order valence-electron chi connectivity index (χ0n) is 17.6. The van der Waals surface area contributed by atoms with Crippen molar-refractivity contribution in [2.75, 3.05) is 33.3 Å². The fourth-order valence-corrected chi connectivity index (χ4v) is 3.33. The van der Waals surface area contributed by atoms with Crippen LogP contribution in [0.25, 0.3) is 0 Å². The Morgan fingerprint density at radius 1 is 1.20 bits per heavy atom. The summed E-state index contributed by atoms with van der Waals surface area (Å²) in [4.78, 5) is 18.5. The lowest BCUT2D eigenvalue weighted by Gasteiger charge is -2.34. The van der Waals surface area contributed by atoms with E-state index in [-0.39, 0.29) is 12.5 Å². The van der Waals surface area contributed by atoms with Crippen LogP contribution >= 0.6 is 0 Å². The number of piperidine rings is 1. The summed E-state index contributed by atoms with van der Waals surface area (Å²) in [6.07, 6.45) is -1.85. The first-order valence-corrected chi connectivity index (χ1v) is 10.3. The fraction of sp³-hybridized carbons (Fsp3) is 0.619. The lowest BCUT2D eigenvalue weighted by molar-refractivity contribution is -0.176. The topological polar surface area (TPSA) is 66.0 Å². The quantitative estimate of drug-likeness (QED) is 0.493. The van der Waals surface area contributed by atoms with Gasteiger partial charge in [-0.1, -0.05) is 24.3 Å². The van der Waals surface area contributed by atoms with Crippen molar-refractivity contribution in [2.24, 2.45) is 10.9 Å². The van der Waals surface area contributed by atoms with E-state index in [0.717, 1.165) is 44.0 Å². The predicted octanol–water partition coefficient (Wildman–Crippen LogP) is 3.08. The maximum absolute atomic E-state index is 12.1. The minimum absolute atomic E-state index is 0.0727. The van der Waals surface area contributed by atoms with Crippen LogP contribution in [0.5, 0.6) is 0 Å². The van der Waals surface area contributed by atoms with Gasteiger partial charge < -0.3 is 20.3 Å². The number of halogens is 3. The summed E-state index contributed by atoms with van der Waals surface area (Å²) in [5, 5.41) is 5.99. The van der Waals surface area contributed by atoms with Crippen molar-refractivity contribution < 1.29 is 22.7 Å². The molecule has 0 aliphatic carbocycles. The Kier molecular flexibility index (Phi) is 9.42. The van der Waals surface area contributed by atoms with E-state index >= 15 is 0 Å². The Morgan fingerprint density at radius 2 is 1.83 bits per heavy atom. The zero-order valence-corrected chi connectivity index (χ0v) is 17.6. The van der Waals surface area contributed by atoms with E-state index in [1.54, 1.807) is 19.2 Å². The van der Waals surface area contributed by atoms with Crippen LogP contribution in [-0.2, 0) is 22.7 Å². The second kappa shape index (κ2) is 11.8. The number of guanidine groups is 1. The molecular formula is C21H31F3N4O2. The molecule has 0 atom stereocenters. The lowest BCUT2D eigenvalue weighted by atomic mass is 9.93. The molecule has 2 N–H and O–H groups in total. The number of aliphatic imine (C=N–C) groups is 1. The molecule has 0 unspecified atom stereocenters. The first-order valence-electron chi connectivity index (χ1n) is 10.3. The van der Waals surface area contributed by atoms with E-state index in [9.17, 15) is 18.0 Å². The van der Waals surface area contributed by atoms with Crippen LogP contribution in [0, 0.1) is 5.92 Å². The molecule has 2 rings (SSSR count). The van der Waals surface area contributed by atoms with Crippen LogP contribution in [-0.4, -0.2) is 56.2 Å². The van der Waals surface area contributed by atoms with Crippen LogP contribution in [0.4, 0.5) is 13.2 Å². The third-order valence-corrected chi connectivity index (χ3v) is 4.97. The molecule has 1 aromatic carbocycles. The number of nitrogens with zero attached hydrogens (tertiary/aromatic N) is 2. The number of hydrogen-bond donors (Lipinski definition) is 2. The van der Waals surface area contributed by atoms with Crippen molar-refractivity contribution in [3.63, 3.8) is 0 Å². The first kappa shape index (κ1) is 24.0. The average molecular weight is 428 g/mol. The first-order chi connectivity index (χ1) is 14.3. The van der Waals surface area contributed by atoms with E-state index < -0.39 is 12.8 Å². The normalized spacial score (nSPS) is 15.9. The Balaban J connectivity index is 1.86. The molecule has 0 bridgehead atoms. The van der Waals surface area contributed by atoms with Gasteiger partial charge in [0.15, 0.2) is 5.96 Å². The fourth-order valence-electron chi connectivity index (χ4n) is 3.33. The minimum atomic E-state index is -4.31. The smallest absolute Gasteiger partial charge is 0.367 e. The van der Waals surface area contributed by atoms with Gasteiger partial charge in [0, 0.05) is 33.1 Å². The molecule has 1 aliphatic heterocycles. The number of hydrogen-bond acceptors (Lipinski definition) is 3. The summed E-state index contributed by atoms with van der Waals surface area (Å²) in [6, 6.07) is 7.24. The van der Waals surface area contributed by atoms with E-state index in [2.05, 4.69) is 20.3 Å². The van der Waals surface area contributed by atoms with Crippen molar-refractivity contribution in [1.29, 1.82) is 0 Å². The molecule has 1 heterocycles. The molecule has 1 saturated heterocycles. The van der Waals surface area contributed by atoms with Gasteiger partial charge in [-0.05, 0) is 36.8 Å². The molecule has 0 aromatic heterocycles. The number of rotatable bonds is 8. The standard InChI is InChI=1S/C21H31F3N4O2/c1-3-26-20(28-10-8-16(9-11-28)12-19(29)25-2)27-13-17-4-6-18(7-5-17)14-30-15-21(22,23)24/h4-7,16H,3,8-15H2,1-2H3,(H,25,29)(H,26,27). The zero-order chi connectivity index (χ0) is 22.0. The van der Waals surface area contributed by atoms with Crippen molar-refractivity contribution in [1.82, 2.24) is 15.5 Å². The van der Waals surface area contributed by atoms with E-state index in [1.807, 2.05) is 19.1 Å². The summed E-state index contributed by atoms with van der Waals surface area (Å²) in [6.45, 7) is 3.63. The number of likely N-dealkylation sites (tertiary alicyclic amines) is 1. The number of alkyl halides is 3. The molecule has 0 saturated carbocycles. The minimum Gasteiger partial charge on any atom is -0.367 e. The number of carbonyl (C=O) groups excluding carboxylic acids is 1. The maximum Gasteiger partial charge on any atom is 0.411 e. The number of nitrogens with one attached hydrogen (secondary N) is 2. The SMILES string of the molecule is CCNC(=NCc1ccc(COCC(F)(F)F)cc1)N1CCC(CC(=O)NC)CC1. The second-order valence-electron chi connectivity index (χ2n) is 7.40. The molecule has 6 nitrogen and oxygen atoms in total. The molecule has 1 fully saturated rings. The second-order valence-corrected chi connectivity index (χ2v) is 7.40. The van der Waals surface area contributed by atoms with Crippen LogP contribution in [0.2, 0.25) is 0 Å². The summed E-state index contributed by atoms with van der Waals surface area (Å²) in [7, 11) is 1.66. The number of benzene rings is 1. The largest absolute Gasteiger partial charge is 0.411 e. The van der Waals surface area contributed by atoms with Gasteiger partial charge in [-0.2, -0.15) is 13.2 Å². The van der Waals surface area contributed by atoms with Crippen molar-refractivity contribution in [2.45, 2.75) is 45.5 Å². The highest BCUT2D eigenvalue weighted by Crippen LogP contribution is 2.21. The van der Waals surface area contributed by atoms with Crippen molar-refractivity contribution in [3.05, 3.63) is 35.4 Å². The summed E-state index contributed by atoms with van der Waals surface area (Å²) < 4.78 is 41.1. The number of amides is 1. The van der Waals surface area contributed by atoms with Gasteiger partial charge in [0.1, 0.15) is 6.61 Å². The highest BCUT2D eigenvalue weighted by atomic mass is 19.4. The van der Waals surface area contributed by atoms with Crippen molar-refractivity contribution in [3.8, 4) is 0 Å². The monoisotopic (exact) mass is 428 g/mol. The Hall–Kier alpha value is -2.29. The Labute approximate surface area is 175 Å². The third-order valence-electron chi connectivity index (χ3n) is 4.97. The highest BCUT2D eigenvalue weighted by molar-refractivity contribution is 5.80. The molecule has 1 aliphatic rings.